The summed E-state index contributed by atoms with van der Waals surface area (Å²) in [7, 11) is 0. The number of nitrogens with zero attached hydrogens (tertiary/aromatic N) is 3. The number of anilines is 2. The Morgan fingerprint density at radius 1 is 1.08 bits per heavy atom. The lowest BCUT2D eigenvalue weighted by atomic mass is 10.1. The first-order chi connectivity index (χ1) is 12.1. The molecule has 0 saturated heterocycles. The van der Waals surface area contributed by atoms with E-state index in [1.165, 1.54) is 11.8 Å². The molecule has 0 aliphatic carbocycles. The van der Waals surface area contributed by atoms with Crippen molar-refractivity contribution < 1.29 is 0 Å². The topological polar surface area (TPSA) is 85.8 Å². The number of hydrogen-bond acceptors (Lipinski definition) is 6. The van der Waals surface area contributed by atoms with Crippen molar-refractivity contribution in [2.24, 2.45) is 0 Å². The van der Waals surface area contributed by atoms with Crippen molar-refractivity contribution in [2.45, 2.75) is 24.8 Å². The van der Waals surface area contributed by atoms with Gasteiger partial charge in [-0.25, -0.2) is 0 Å². The molecule has 25 heavy (non-hydrogen) atoms. The molecule has 0 bridgehead atoms. The predicted molar refractivity (Wildman–Crippen MR) is 102 cm³/mol. The molecule has 0 saturated carbocycles. The van der Waals surface area contributed by atoms with Crippen molar-refractivity contribution in [1.82, 2.24) is 14.9 Å². The predicted octanol–water partition coefficient (Wildman–Crippen LogP) is 3.00. The molecule has 0 radical (unpaired) electrons. The maximum absolute atomic E-state index is 12.5. The Labute approximate surface area is 150 Å². The van der Waals surface area contributed by atoms with Crippen LogP contribution in [0.4, 0.5) is 11.5 Å². The van der Waals surface area contributed by atoms with E-state index in [2.05, 4.69) is 15.5 Å². The number of nitrogens with two attached hydrogens (primary N) is 1. The fourth-order valence-electron chi connectivity index (χ4n) is 2.30. The van der Waals surface area contributed by atoms with Gasteiger partial charge in [-0.15, -0.1) is 10.2 Å². The normalized spacial score (nSPS) is 10.6. The molecule has 0 fully saturated rings. The zero-order valence-electron chi connectivity index (χ0n) is 14.1. The van der Waals surface area contributed by atoms with Crippen molar-refractivity contribution in [3.8, 4) is 0 Å². The summed E-state index contributed by atoms with van der Waals surface area (Å²) in [5.41, 5.74) is 3.71. The first-order valence-corrected chi connectivity index (χ1v) is 8.79. The molecule has 3 aromatic rings. The summed E-state index contributed by atoms with van der Waals surface area (Å²) in [6, 6.07) is 15.7. The fourth-order valence-corrected chi connectivity index (χ4v) is 3.11. The van der Waals surface area contributed by atoms with E-state index in [9.17, 15) is 4.79 Å². The van der Waals surface area contributed by atoms with E-state index in [1.807, 2.05) is 62.4 Å². The molecule has 0 aliphatic heterocycles. The van der Waals surface area contributed by atoms with E-state index in [-0.39, 0.29) is 5.82 Å². The van der Waals surface area contributed by atoms with Gasteiger partial charge in [-0.05, 0) is 36.6 Å². The lowest BCUT2D eigenvalue weighted by Crippen LogP contribution is -2.32. The fraction of sp³-hybridized carbons (Fsp3) is 0.167. The molecular weight excluding hydrogens is 334 g/mol. The van der Waals surface area contributed by atoms with Crippen LogP contribution in [0.5, 0.6) is 0 Å². The molecule has 0 spiro atoms. The van der Waals surface area contributed by atoms with Crippen LogP contribution < -0.4 is 16.7 Å². The zero-order chi connectivity index (χ0) is 17.8. The number of hydrogen-bond donors (Lipinski definition) is 2. The van der Waals surface area contributed by atoms with Crippen molar-refractivity contribution in [1.29, 1.82) is 0 Å². The SMILES string of the molecule is Cc1cccc(Nc2nnc(SCc3ccccc3)n(N)c2=O)c1C. The third-order valence-corrected chi connectivity index (χ3v) is 4.95. The Hall–Kier alpha value is -2.80. The van der Waals surface area contributed by atoms with Gasteiger partial charge >= 0.3 is 5.56 Å². The number of nitrogen functional groups attached to an aromatic ring is 1. The summed E-state index contributed by atoms with van der Waals surface area (Å²) in [5.74, 6) is 6.68. The van der Waals surface area contributed by atoms with E-state index in [1.54, 1.807) is 0 Å². The highest BCUT2D eigenvalue weighted by Gasteiger charge is 2.12. The summed E-state index contributed by atoms with van der Waals surface area (Å²) in [6.45, 7) is 3.99. The molecule has 2 aromatic carbocycles. The number of benzene rings is 2. The maximum Gasteiger partial charge on any atom is 0.315 e. The van der Waals surface area contributed by atoms with Crippen LogP contribution in [0.25, 0.3) is 0 Å². The minimum atomic E-state index is -0.411. The average molecular weight is 353 g/mol. The summed E-state index contributed by atoms with van der Waals surface area (Å²) >= 11 is 1.37. The zero-order valence-corrected chi connectivity index (χ0v) is 14.9. The monoisotopic (exact) mass is 353 g/mol. The van der Waals surface area contributed by atoms with Crippen LogP contribution in [0.2, 0.25) is 0 Å². The Kier molecular flexibility index (Phi) is 5.04. The molecule has 128 valence electrons. The number of nitrogens with one attached hydrogen (secondary N) is 1. The average Bonchev–Trinajstić information content (AvgIpc) is 2.63. The van der Waals surface area contributed by atoms with Gasteiger partial charge in [0, 0.05) is 11.4 Å². The van der Waals surface area contributed by atoms with Crippen molar-refractivity contribution in [2.75, 3.05) is 11.2 Å². The second-order valence-electron chi connectivity index (χ2n) is 5.65. The summed E-state index contributed by atoms with van der Waals surface area (Å²) in [6.07, 6.45) is 0. The summed E-state index contributed by atoms with van der Waals surface area (Å²) in [5, 5.41) is 11.5. The van der Waals surface area contributed by atoms with Gasteiger partial charge in [-0.2, -0.15) is 4.68 Å². The van der Waals surface area contributed by atoms with Gasteiger partial charge in [0.15, 0.2) is 0 Å². The van der Waals surface area contributed by atoms with Gasteiger partial charge in [0.1, 0.15) is 0 Å². The standard InChI is InChI=1S/C18H19N5OS/c1-12-7-6-10-15(13(12)2)20-16-17(24)23(19)18(22-21-16)25-11-14-8-4-3-5-9-14/h3-10H,11,19H2,1-2H3,(H,20,21). The van der Waals surface area contributed by atoms with Crippen molar-refractivity contribution >= 4 is 23.3 Å². The highest BCUT2D eigenvalue weighted by Crippen LogP contribution is 2.21. The van der Waals surface area contributed by atoms with Gasteiger partial charge in [-0.3, -0.25) is 4.79 Å². The highest BCUT2D eigenvalue weighted by atomic mass is 32.2. The first-order valence-electron chi connectivity index (χ1n) is 7.81. The second kappa shape index (κ2) is 7.40. The van der Waals surface area contributed by atoms with Gasteiger partial charge in [0.25, 0.3) is 0 Å². The number of thioether (sulfide) groups is 1. The largest absolute Gasteiger partial charge is 0.334 e. The molecular formula is C18H19N5OS. The molecule has 0 atom stereocenters. The number of rotatable bonds is 5. The number of aryl methyl sites for hydroxylation is 1. The molecule has 1 heterocycles. The number of aromatic nitrogens is 3. The van der Waals surface area contributed by atoms with E-state index in [4.69, 9.17) is 5.84 Å². The third-order valence-electron chi connectivity index (χ3n) is 3.93. The van der Waals surface area contributed by atoms with Gasteiger partial charge in [0.2, 0.25) is 11.0 Å². The Morgan fingerprint density at radius 2 is 1.84 bits per heavy atom. The van der Waals surface area contributed by atoms with Crippen molar-refractivity contribution in [3.63, 3.8) is 0 Å². The van der Waals surface area contributed by atoms with Gasteiger partial charge in [0.05, 0.1) is 0 Å². The van der Waals surface area contributed by atoms with Crippen LogP contribution in [0.3, 0.4) is 0 Å². The summed E-state index contributed by atoms with van der Waals surface area (Å²) < 4.78 is 1.04. The van der Waals surface area contributed by atoms with Crippen LogP contribution in [0.1, 0.15) is 16.7 Å². The molecule has 0 unspecified atom stereocenters. The Balaban J connectivity index is 1.80. The van der Waals surface area contributed by atoms with Crippen molar-refractivity contribution in [3.05, 3.63) is 75.6 Å². The molecule has 1 aromatic heterocycles. The molecule has 6 nitrogen and oxygen atoms in total. The molecule has 0 amide bonds. The van der Waals surface area contributed by atoms with Crippen LogP contribution in [0.15, 0.2) is 58.5 Å². The van der Waals surface area contributed by atoms with Crippen LogP contribution in [-0.2, 0) is 5.75 Å². The molecule has 3 rings (SSSR count). The van der Waals surface area contributed by atoms with Gasteiger partial charge in [-0.1, -0.05) is 54.2 Å². The lowest BCUT2D eigenvalue weighted by Gasteiger charge is -2.11. The Morgan fingerprint density at radius 3 is 2.60 bits per heavy atom. The summed E-state index contributed by atoms with van der Waals surface area (Å²) in [4.78, 5) is 12.5. The third kappa shape index (κ3) is 3.83. The van der Waals surface area contributed by atoms with E-state index in [0.717, 1.165) is 27.1 Å². The molecule has 3 N–H and O–H groups in total. The van der Waals surface area contributed by atoms with E-state index in [0.29, 0.717) is 10.9 Å². The van der Waals surface area contributed by atoms with Crippen LogP contribution in [-0.4, -0.2) is 14.9 Å². The first kappa shape index (κ1) is 17.0. The lowest BCUT2D eigenvalue weighted by molar-refractivity contribution is 0.705. The van der Waals surface area contributed by atoms with E-state index >= 15 is 0 Å². The minimum Gasteiger partial charge on any atom is -0.334 e. The van der Waals surface area contributed by atoms with Crippen LogP contribution >= 0.6 is 11.8 Å². The maximum atomic E-state index is 12.5. The highest BCUT2D eigenvalue weighted by molar-refractivity contribution is 7.98. The molecule has 7 heteroatoms. The quantitative estimate of drug-likeness (QED) is 0.542. The molecule has 0 aliphatic rings. The van der Waals surface area contributed by atoms with Gasteiger partial charge < -0.3 is 11.2 Å². The second-order valence-corrected chi connectivity index (χ2v) is 6.60. The minimum absolute atomic E-state index is 0.111. The van der Waals surface area contributed by atoms with E-state index < -0.39 is 5.56 Å². The Bertz CT molecular complexity index is 940. The van der Waals surface area contributed by atoms with Crippen LogP contribution in [0, 0.1) is 13.8 Å². The smallest absolute Gasteiger partial charge is 0.315 e.